The van der Waals surface area contributed by atoms with Gasteiger partial charge in [0.05, 0.1) is 11.9 Å². The molecule has 6 nitrogen and oxygen atoms in total. The van der Waals surface area contributed by atoms with Crippen molar-refractivity contribution in [3.05, 3.63) is 23.9 Å². The van der Waals surface area contributed by atoms with Gasteiger partial charge in [-0.25, -0.2) is 0 Å². The van der Waals surface area contributed by atoms with Gasteiger partial charge in [0.25, 0.3) is 0 Å². The molecule has 35 heavy (non-hydrogen) atoms. The minimum absolute atomic E-state index is 0.607. The third-order valence-electron chi connectivity index (χ3n) is 9.97. The molecule has 0 radical (unpaired) electrons. The van der Waals surface area contributed by atoms with Crippen LogP contribution in [0.15, 0.2) is 18.3 Å². The number of hydrogen-bond donors (Lipinski definition) is 1. The Balaban J connectivity index is 1.05. The number of nitrogens with zero attached hydrogens (tertiary/aromatic N) is 5. The summed E-state index contributed by atoms with van der Waals surface area (Å²) in [6.45, 7) is 12.2. The molecule has 3 heterocycles. The highest BCUT2D eigenvalue weighted by molar-refractivity contribution is 5.59. The van der Waals surface area contributed by atoms with Crippen molar-refractivity contribution in [2.75, 3.05) is 31.5 Å². The van der Waals surface area contributed by atoms with Crippen molar-refractivity contribution >= 4 is 5.82 Å². The monoisotopic (exact) mass is 476 g/mol. The van der Waals surface area contributed by atoms with Crippen LogP contribution in [0.5, 0.6) is 0 Å². The quantitative estimate of drug-likeness (QED) is 0.604. The molecule has 2 bridgehead atoms. The van der Waals surface area contributed by atoms with Crippen LogP contribution in [0.1, 0.15) is 64.4 Å². The lowest BCUT2D eigenvalue weighted by atomic mass is 9.56. The van der Waals surface area contributed by atoms with Crippen LogP contribution in [0, 0.1) is 47.8 Å². The molecule has 0 amide bonds. The predicted octanol–water partition coefficient (Wildman–Crippen LogP) is 5.41. The zero-order valence-electron chi connectivity index (χ0n) is 22.2. The lowest BCUT2D eigenvalue weighted by Crippen LogP contribution is -2.46. The second kappa shape index (κ2) is 9.17. The second-order valence-electron chi connectivity index (χ2n) is 13.1. The van der Waals surface area contributed by atoms with E-state index in [1.807, 2.05) is 17.9 Å². The van der Waals surface area contributed by atoms with E-state index < -0.39 is 0 Å². The zero-order valence-corrected chi connectivity index (χ0v) is 22.2. The molecule has 190 valence electrons. The predicted molar refractivity (Wildman–Crippen MR) is 141 cm³/mol. The molecule has 6 heteroatoms. The summed E-state index contributed by atoms with van der Waals surface area (Å²) in [5.74, 6) is 6.24. The summed E-state index contributed by atoms with van der Waals surface area (Å²) in [7, 11) is 1.96. The molecule has 2 aromatic heterocycles. The molecule has 3 aliphatic carbocycles. The van der Waals surface area contributed by atoms with Crippen LogP contribution >= 0.6 is 0 Å². The highest BCUT2D eigenvalue weighted by atomic mass is 15.3. The van der Waals surface area contributed by atoms with E-state index in [4.69, 9.17) is 0 Å². The van der Waals surface area contributed by atoms with E-state index in [1.54, 1.807) is 0 Å². The zero-order chi connectivity index (χ0) is 24.2. The number of fused-ring (bicyclic) bond motifs is 3. The van der Waals surface area contributed by atoms with Crippen LogP contribution in [-0.2, 0) is 7.05 Å². The second-order valence-corrected chi connectivity index (χ2v) is 13.1. The van der Waals surface area contributed by atoms with Crippen LogP contribution in [-0.4, -0.2) is 51.1 Å². The number of anilines is 1. The van der Waals surface area contributed by atoms with Crippen molar-refractivity contribution in [1.82, 2.24) is 24.9 Å². The average molecular weight is 477 g/mol. The van der Waals surface area contributed by atoms with Crippen molar-refractivity contribution in [2.45, 2.75) is 65.7 Å². The van der Waals surface area contributed by atoms with Gasteiger partial charge in [0, 0.05) is 33.2 Å². The molecule has 5 unspecified atom stereocenters. The highest BCUT2D eigenvalue weighted by Gasteiger charge is 2.48. The number of aryl methyl sites for hydroxylation is 2. The summed E-state index contributed by atoms with van der Waals surface area (Å²) in [5.41, 5.74) is 3.66. The molecule has 4 fully saturated rings. The van der Waals surface area contributed by atoms with Gasteiger partial charge >= 0.3 is 0 Å². The third-order valence-corrected chi connectivity index (χ3v) is 9.97. The van der Waals surface area contributed by atoms with Crippen molar-refractivity contribution in [1.29, 1.82) is 0 Å². The molecule has 1 N–H and O–H groups in total. The lowest BCUT2D eigenvalue weighted by molar-refractivity contribution is -0.00680. The Morgan fingerprint density at radius 2 is 1.83 bits per heavy atom. The molecule has 1 aliphatic heterocycles. The first kappa shape index (κ1) is 23.4. The Hall–Kier alpha value is -1.95. The Labute approximate surface area is 211 Å². The standard InChI is InChI=1S/C29H44N6/c1-19-9-22-10-20(2)12-29(11-19,13-22)18-35-16-24-6-5-23(25(24)17-35)15-30-27-8-7-26(32-33-27)28-21(3)14-31-34(28)4/h7-8,14,19-20,22-25H,5-6,9-13,15-18H2,1-4H3,(H,30,33). The van der Waals surface area contributed by atoms with Crippen LogP contribution < -0.4 is 5.32 Å². The van der Waals surface area contributed by atoms with Gasteiger partial charge in [0.15, 0.2) is 0 Å². The van der Waals surface area contributed by atoms with Gasteiger partial charge in [0.1, 0.15) is 11.5 Å². The van der Waals surface area contributed by atoms with Crippen LogP contribution in [0.3, 0.4) is 0 Å². The summed E-state index contributed by atoms with van der Waals surface area (Å²) in [5, 5.41) is 16.9. The van der Waals surface area contributed by atoms with Gasteiger partial charge in [-0.1, -0.05) is 13.8 Å². The number of likely N-dealkylation sites (tertiary alicyclic amines) is 1. The number of hydrogen-bond acceptors (Lipinski definition) is 5. The Kier molecular flexibility index (Phi) is 6.14. The van der Waals surface area contributed by atoms with Crippen LogP contribution in [0.4, 0.5) is 5.82 Å². The summed E-state index contributed by atoms with van der Waals surface area (Å²) >= 11 is 0. The Bertz CT molecular complexity index is 989. The van der Waals surface area contributed by atoms with E-state index >= 15 is 0 Å². The maximum Gasteiger partial charge on any atom is 0.148 e. The van der Waals surface area contributed by atoms with Crippen LogP contribution in [0.25, 0.3) is 11.4 Å². The van der Waals surface area contributed by atoms with Gasteiger partial charge in [-0.2, -0.15) is 5.10 Å². The third kappa shape index (κ3) is 4.63. The smallest absolute Gasteiger partial charge is 0.148 e. The molecule has 4 aliphatic rings. The molecule has 5 atom stereocenters. The lowest BCUT2D eigenvalue weighted by Gasteiger charge is -2.51. The van der Waals surface area contributed by atoms with Crippen molar-refractivity contribution < 1.29 is 0 Å². The molecule has 6 rings (SSSR count). The molecule has 2 aromatic rings. The fourth-order valence-electron chi connectivity index (χ4n) is 9.13. The van der Waals surface area contributed by atoms with E-state index in [2.05, 4.69) is 58.4 Å². The van der Waals surface area contributed by atoms with E-state index in [0.717, 1.165) is 64.8 Å². The van der Waals surface area contributed by atoms with E-state index in [0.29, 0.717) is 5.41 Å². The molecule has 3 saturated carbocycles. The van der Waals surface area contributed by atoms with Gasteiger partial charge in [-0.3, -0.25) is 4.68 Å². The van der Waals surface area contributed by atoms with E-state index in [1.165, 1.54) is 64.6 Å². The molecule has 1 saturated heterocycles. The maximum absolute atomic E-state index is 4.49. The first-order valence-corrected chi connectivity index (χ1v) is 14.2. The maximum atomic E-state index is 4.49. The van der Waals surface area contributed by atoms with Gasteiger partial charge in [-0.05, 0) is 110 Å². The SMILES string of the molecule is Cc1cnn(C)c1-c1ccc(NCC2CCC3CN(CC45CC(C)CC(CC(C)C4)C5)CC23)nn1. The topological polar surface area (TPSA) is 58.9 Å². The molecule has 0 aromatic carbocycles. The number of rotatable bonds is 6. The molecular formula is C29H44N6. The summed E-state index contributed by atoms with van der Waals surface area (Å²) in [6.07, 6.45) is 12.1. The first-order valence-electron chi connectivity index (χ1n) is 14.2. The van der Waals surface area contributed by atoms with Crippen molar-refractivity contribution in [3.63, 3.8) is 0 Å². The summed E-state index contributed by atoms with van der Waals surface area (Å²) < 4.78 is 1.87. The van der Waals surface area contributed by atoms with Gasteiger partial charge < -0.3 is 10.2 Å². The fourth-order valence-corrected chi connectivity index (χ4v) is 9.13. The Morgan fingerprint density at radius 3 is 2.51 bits per heavy atom. The number of aromatic nitrogens is 4. The summed E-state index contributed by atoms with van der Waals surface area (Å²) in [6, 6.07) is 4.14. The van der Waals surface area contributed by atoms with Gasteiger partial charge in [-0.15, -0.1) is 10.2 Å². The van der Waals surface area contributed by atoms with E-state index in [9.17, 15) is 0 Å². The highest BCUT2D eigenvalue weighted by Crippen LogP contribution is 2.54. The minimum atomic E-state index is 0.607. The largest absolute Gasteiger partial charge is 0.368 e. The van der Waals surface area contributed by atoms with Crippen LogP contribution in [0.2, 0.25) is 0 Å². The average Bonchev–Trinajstić information content (AvgIpc) is 3.46. The number of nitrogens with one attached hydrogen (secondary N) is 1. The minimum Gasteiger partial charge on any atom is -0.368 e. The van der Waals surface area contributed by atoms with Gasteiger partial charge in [0.2, 0.25) is 0 Å². The van der Waals surface area contributed by atoms with Crippen molar-refractivity contribution in [2.24, 2.45) is 48.0 Å². The molecule has 0 spiro atoms. The fraction of sp³-hybridized carbons (Fsp3) is 0.759. The van der Waals surface area contributed by atoms with Crippen molar-refractivity contribution in [3.8, 4) is 11.4 Å². The van der Waals surface area contributed by atoms with E-state index in [-0.39, 0.29) is 0 Å². The Morgan fingerprint density at radius 1 is 1.03 bits per heavy atom. The molecular weight excluding hydrogens is 432 g/mol. The normalized spacial score (nSPS) is 36.9. The first-order chi connectivity index (χ1) is 16.9. The summed E-state index contributed by atoms with van der Waals surface area (Å²) in [4.78, 5) is 2.89.